The van der Waals surface area contributed by atoms with Crippen molar-refractivity contribution in [2.45, 2.75) is 25.9 Å². The number of alkyl halides is 3. The number of ether oxygens (including phenoxy) is 1. The maximum atomic E-state index is 13.5. The number of aryl methyl sites for hydroxylation is 2. The lowest BCUT2D eigenvalue weighted by molar-refractivity contribution is -0.137. The molecule has 0 N–H and O–H groups in total. The highest BCUT2D eigenvalue weighted by Crippen LogP contribution is 2.33. The number of anilines is 1. The Balaban J connectivity index is 1.58. The van der Waals surface area contributed by atoms with Crippen LogP contribution in [0.4, 0.5) is 18.9 Å². The van der Waals surface area contributed by atoms with Crippen LogP contribution in [-0.2, 0) is 22.1 Å². The maximum Gasteiger partial charge on any atom is 0.418 e. The van der Waals surface area contributed by atoms with Crippen LogP contribution in [0.1, 0.15) is 33.7 Å². The highest BCUT2D eigenvalue weighted by atomic mass is 19.4. The molecule has 0 saturated heterocycles. The number of hydrogen-bond acceptors (Lipinski definition) is 5. The van der Waals surface area contributed by atoms with Crippen LogP contribution in [-0.4, -0.2) is 34.8 Å². The van der Waals surface area contributed by atoms with Crippen molar-refractivity contribution in [3.63, 3.8) is 0 Å². The predicted octanol–water partition coefficient (Wildman–Crippen LogP) is 3.70. The smallest absolute Gasteiger partial charge is 0.418 e. The van der Waals surface area contributed by atoms with Crippen LogP contribution < -0.4 is 10.3 Å². The fourth-order valence-electron chi connectivity index (χ4n) is 3.90. The highest BCUT2D eigenvalue weighted by molar-refractivity contribution is 5.97. The summed E-state index contributed by atoms with van der Waals surface area (Å²) in [6.07, 6.45) is -3.10. The van der Waals surface area contributed by atoms with Gasteiger partial charge in [-0.15, -0.1) is 0 Å². The number of benzene rings is 2. The van der Waals surface area contributed by atoms with E-state index in [1.54, 1.807) is 12.1 Å². The Hall–Kier alpha value is -3.95. The van der Waals surface area contributed by atoms with E-state index in [4.69, 9.17) is 4.74 Å². The Morgan fingerprint density at radius 2 is 1.74 bits per heavy atom. The molecule has 34 heavy (non-hydrogen) atoms. The number of halogens is 3. The number of para-hydroxylation sites is 2. The SMILES string of the molecule is Cc1cc(=O)c(C(=O)OCC(=O)N2CCCc3ccccc32)nn1-c1ccccc1C(F)(F)F. The van der Waals surface area contributed by atoms with Gasteiger partial charge < -0.3 is 9.64 Å². The minimum absolute atomic E-state index is 0.0965. The zero-order chi connectivity index (χ0) is 24.5. The van der Waals surface area contributed by atoms with Crippen LogP contribution >= 0.6 is 0 Å². The molecule has 1 aromatic heterocycles. The van der Waals surface area contributed by atoms with Crippen LogP contribution in [0.5, 0.6) is 0 Å². The van der Waals surface area contributed by atoms with Gasteiger partial charge >= 0.3 is 12.1 Å². The second-order valence-corrected chi connectivity index (χ2v) is 7.78. The number of hydrogen-bond donors (Lipinski definition) is 0. The second-order valence-electron chi connectivity index (χ2n) is 7.78. The van der Waals surface area contributed by atoms with Crippen molar-refractivity contribution >= 4 is 17.6 Å². The first kappa shape index (κ1) is 23.2. The number of rotatable bonds is 4. The van der Waals surface area contributed by atoms with Gasteiger partial charge in [-0.3, -0.25) is 9.59 Å². The van der Waals surface area contributed by atoms with E-state index in [-0.39, 0.29) is 11.4 Å². The Labute approximate surface area is 192 Å². The fraction of sp³-hybridized carbons (Fsp3) is 0.250. The molecule has 0 spiro atoms. The summed E-state index contributed by atoms with van der Waals surface area (Å²) in [5, 5.41) is 3.85. The van der Waals surface area contributed by atoms with E-state index in [1.807, 2.05) is 12.1 Å². The van der Waals surface area contributed by atoms with Crippen LogP contribution in [0.25, 0.3) is 5.69 Å². The Kier molecular flexibility index (Phi) is 6.23. The van der Waals surface area contributed by atoms with Crippen molar-refractivity contribution in [3.05, 3.63) is 87.3 Å². The molecule has 2 aromatic carbocycles. The van der Waals surface area contributed by atoms with Gasteiger partial charge in [-0.05, 0) is 43.5 Å². The molecule has 1 aliphatic heterocycles. The number of amides is 1. The van der Waals surface area contributed by atoms with Crippen molar-refractivity contribution in [2.24, 2.45) is 0 Å². The van der Waals surface area contributed by atoms with Crippen molar-refractivity contribution in [1.82, 2.24) is 9.78 Å². The minimum Gasteiger partial charge on any atom is -0.451 e. The van der Waals surface area contributed by atoms with Crippen LogP contribution in [0.15, 0.2) is 59.4 Å². The van der Waals surface area contributed by atoms with E-state index in [0.717, 1.165) is 40.9 Å². The lowest BCUT2D eigenvalue weighted by Crippen LogP contribution is -2.38. The zero-order valence-electron chi connectivity index (χ0n) is 18.1. The molecule has 0 unspecified atom stereocenters. The monoisotopic (exact) mass is 471 g/mol. The van der Waals surface area contributed by atoms with Gasteiger partial charge in [-0.2, -0.15) is 18.3 Å². The van der Waals surface area contributed by atoms with Gasteiger partial charge in [-0.25, -0.2) is 9.48 Å². The standard InChI is InChI=1S/C24H20F3N3O4/c1-15-13-20(31)22(28-30(15)19-11-5-3-9-17(19)24(25,26)27)23(33)34-14-21(32)29-12-6-8-16-7-2-4-10-18(16)29/h2-5,7,9-11,13H,6,8,12,14H2,1H3. The summed E-state index contributed by atoms with van der Waals surface area (Å²) in [4.78, 5) is 39.2. The molecule has 4 rings (SSSR count). The van der Waals surface area contributed by atoms with E-state index < -0.39 is 41.3 Å². The van der Waals surface area contributed by atoms with Crippen LogP contribution in [0.2, 0.25) is 0 Å². The summed E-state index contributed by atoms with van der Waals surface area (Å²) in [6, 6.07) is 13.1. The summed E-state index contributed by atoms with van der Waals surface area (Å²) < 4.78 is 46.3. The van der Waals surface area contributed by atoms with Gasteiger partial charge in [0.15, 0.2) is 6.61 Å². The van der Waals surface area contributed by atoms with Gasteiger partial charge in [-0.1, -0.05) is 30.3 Å². The van der Waals surface area contributed by atoms with E-state index in [1.165, 1.54) is 30.0 Å². The molecule has 1 aliphatic rings. The van der Waals surface area contributed by atoms with Crippen LogP contribution in [0, 0.1) is 6.92 Å². The first-order valence-electron chi connectivity index (χ1n) is 10.5. The van der Waals surface area contributed by atoms with E-state index in [9.17, 15) is 27.6 Å². The maximum absolute atomic E-state index is 13.5. The molecule has 0 radical (unpaired) electrons. The van der Waals surface area contributed by atoms with Gasteiger partial charge in [0, 0.05) is 24.0 Å². The second kappa shape index (κ2) is 9.12. The number of carbonyl (C=O) groups is 2. The van der Waals surface area contributed by atoms with Gasteiger partial charge in [0.1, 0.15) is 0 Å². The number of carbonyl (C=O) groups excluding carboxylic acids is 2. The third-order valence-corrected chi connectivity index (χ3v) is 5.48. The normalized spacial score (nSPS) is 13.4. The molecule has 0 atom stereocenters. The summed E-state index contributed by atoms with van der Waals surface area (Å²) in [5.74, 6) is -1.67. The quantitative estimate of drug-likeness (QED) is 0.542. The predicted molar refractivity (Wildman–Crippen MR) is 117 cm³/mol. The van der Waals surface area contributed by atoms with Crippen molar-refractivity contribution in [2.75, 3.05) is 18.1 Å². The summed E-state index contributed by atoms with van der Waals surface area (Å²) in [5.41, 5.74) is -1.03. The van der Waals surface area contributed by atoms with Crippen molar-refractivity contribution in [1.29, 1.82) is 0 Å². The Morgan fingerprint density at radius 1 is 1.06 bits per heavy atom. The number of esters is 1. The summed E-state index contributed by atoms with van der Waals surface area (Å²) in [7, 11) is 0. The lowest BCUT2D eigenvalue weighted by atomic mass is 10.0. The number of fused-ring (bicyclic) bond motifs is 1. The first-order valence-corrected chi connectivity index (χ1v) is 10.5. The van der Waals surface area contributed by atoms with Crippen molar-refractivity contribution in [3.8, 4) is 5.69 Å². The van der Waals surface area contributed by atoms with E-state index >= 15 is 0 Å². The Morgan fingerprint density at radius 3 is 2.47 bits per heavy atom. The summed E-state index contributed by atoms with van der Waals surface area (Å²) >= 11 is 0. The first-order chi connectivity index (χ1) is 16.2. The molecule has 176 valence electrons. The molecular formula is C24H20F3N3O4. The molecule has 3 aromatic rings. The van der Waals surface area contributed by atoms with Gasteiger partial charge in [0.2, 0.25) is 11.1 Å². The van der Waals surface area contributed by atoms with Gasteiger partial charge in [0.05, 0.1) is 11.3 Å². The molecule has 0 aliphatic carbocycles. The summed E-state index contributed by atoms with van der Waals surface area (Å²) in [6.45, 7) is 1.21. The molecule has 10 heteroatoms. The fourth-order valence-corrected chi connectivity index (χ4v) is 3.90. The van der Waals surface area contributed by atoms with Crippen LogP contribution in [0.3, 0.4) is 0 Å². The van der Waals surface area contributed by atoms with E-state index in [2.05, 4.69) is 5.10 Å². The average Bonchev–Trinajstić information content (AvgIpc) is 2.81. The molecule has 0 bridgehead atoms. The molecule has 1 amide bonds. The molecule has 0 fully saturated rings. The number of nitrogens with zero attached hydrogens (tertiary/aromatic N) is 3. The zero-order valence-corrected chi connectivity index (χ0v) is 18.1. The molecule has 2 heterocycles. The van der Waals surface area contributed by atoms with Gasteiger partial charge in [0.25, 0.3) is 5.91 Å². The van der Waals surface area contributed by atoms with Crippen molar-refractivity contribution < 1.29 is 27.5 Å². The topological polar surface area (TPSA) is 81.5 Å². The average molecular weight is 471 g/mol. The third-order valence-electron chi connectivity index (χ3n) is 5.48. The Bertz CT molecular complexity index is 1320. The largest absolute Gasteiger partial charge is 0.451 e. The lowest BCUT2D eigenvalue weighted by Gasteiger charge is -2.29. The van der Waals surface area contributed by atoms with E-state index in [0.29, 0.717) is 6.54 Å². The molecular weight excluding hydrogens is 451 g/mol. The molecule has 7 nitrogen and oxygen atoms in total. The highest BCUT2D eigenvalue weighted by Gasteiger charge is 2.34. The minimum atomic E-state index is -4.67. The molecule has 0 saturated carbocycles. The number of aromatic nitrogens is 2. The third kappa shape index (κ3) is 4.57.